The van der Waals surface area contributed by atoms with Crippen molar-refractivity contribution in [3.05, 3.63) is 83.9 Å². The lowest BCUT2D eigenvalue weighted by molar-refractivity contribution is 0.102. The number of carbonyl (C=O) groups excluding carboxylic acids is 1. The van der Waals surface area contributed by atoms with Crippen LogP contribution < -0.4 is 19.5 Å². The lowest BCUT2D eigenvalue weighted by Gasteiger charge is -2.13. The first-order chi connectivity index (χ1) is 14.2. The van der Waals surface area contributed by atoms with Crippen LogP contribution >= 0.6 is 0 Å². The number of carbonyl (C=O) groups is 1. The fourth-order valence-corrected chi connectivity index (χ4v) is 2.77. The number of anilines is 1. The first-order valence-electron chi connectivity index (χ1n) is 9.67. The van der Waals surface area contributed by atoms with E-state index in [9.17, 15) is 4.79 Å². The molecule has 1 N–H and O–H groups in total. The van der Waals surface area contributed by atoms with Gasteiger partial charge in [0.15, 0.2) is 11.5 Å². The molecule has 0 aliphatic heterocycles. The van der Waals surface area contributed by atoms with Gasteiger partial charge in [-0.3, -0.25) is 4.79 Å². The molecule has 0 radical (unpaired) electrons. The number of rotatable bonds is 9. The van der Waals surface area contributed by atoms with Crippen molar-refractivity contribution in [3.8, 4) is 17.2 Å². The second-order valence-electron chi connectivity index (χ2n) is 6.28. The lowest BCUT2D eigenvalue weighted by Crippen LogP contribution is -2.12. The highest BCUT2D eigenvalue weighted by atomic mass is 16.5. The molecule has 0 saturated carbocycles. The fourth-order valence-electron chi connectivity index (χ4n) is 2.77. The van der Waals surface area contributed by atoms with E-state index in [2.05, 4.69) is 5.32 Å². The van der Waals surface area contributed by atoms with Gasteiger partial charge in [-0.1, -0.05) is 30.3 Å². The van der Waals surface area contributed by atoms with E-state index in [1.54, 1.807) is 18.2 Å². The van der Waals surface area contributed by atoms with E-state index < -0.39 is 0 Å². The van der Waals surface area contributed by atoms with E-state index in [0.29, 0.717) is 42.6 Å². The minimum Gasteiger partial charge on any atom is -0.490 e. The Kier molecular flexibility index (Phi) is 7.11. The minimum atomic E-state index is -0.216. The van der Waals surface area contributed by atoms with Gasteiger partial charge in [-0.25, -0.2) is 0 Å². The van der Waals surface area contributed by atoms with Crippen molar-refractivity contribution in [2.45, 2.75) is 20.5 Å². The average Bonchev–Trinajstić information content (AvgIpc) is 2.75. The summed E-state index contributed by atoms with van der Waals surface area (Å²) in [6, 6.07) is 22.4. The molecule has 0 fully saturated rings. The van der Waals surface area contributed by atoms with Crippen molar-refractivity contribution >= 4 is 11.6 Å². The highest BCUT2D eigenvalue weighted by molar-refractivity contribution is 6.04. The van der Waals surface area contributed by atoms with Gasteiger partial charge in [0.05, 0.1) is 13.2 Å². The molecule has 3 rings (SSSR count). The molecule has 3 aromatic rings. The fraction of sp³-hybridized carbons (Fsp3) is 0.208. The predicted octanol–water partition coefficient (Wildman–Crippen LogP) is 5.32. The Morgan fingerprint density at radius 2 is 1.48 bits per heavy atom. The van der Waals surface area contributed by atoms with E-state index >= 15 is 0 Å². The Hall–Kier alpha value is -3.47. The number of nitrogens with one attached hydrogen (secondary N) is 1. The Balaban J connectivity index is 1.62. The van der Waals surface area contributed by atoms with Gasteiger partial charge in [0.2, 0.25) is 0 Å². The normalized spacial score (nSPS) is 10.3. The van der Waals surface area contributed by atoms with Gasteiger partial charge in [-0.2, -0.15) is 0 Å². The predicted molar refractivity (Wildman–Crippen MR) is 114 cm³/mol. The van der Waals surface area contributed by atoms with Crippen molar-refractivity contribution in [3.63, 3.8) is 0 Å². The van der Waals surface area contributed by atoms with Gasteiger partial charge in [-0.15, -0.1) is 0 Å². The summed E-state index contributed by atoms with van der Waals surface area (Å²) >= 11 is 0. The topological polar surface area (TPSA) is 56.8 Å². The number of hydrogen-bond donors (Lipinski definition) is 1. The van der Waals surface area contributed by atoms with Crippen molar-refractivity contribution in [2.75, 3.05) is 18.5 Å². The summed E-state index contributed by atoms with van der Waals surface area (Å²) in [6.07, 6.45) is 0. The van der Waals surface area contributed by atoms with Crippen LogP contribution in [-0.4, -0.2) is 19.1 Å². The van der Waals surface area contributed by atoms with Crippen LogP contribution in [0.15, 0.2) is 72.8 Å². The molecule has 0 aliphatic rings. The minimum absolute atomic E-state index is 0.216. The van der Waals surface area contributed by atoms with E-state index in [4.69, 9.17) is 14.2 Å². The third-order valence-corrected chi connectivity index (χ3v) is 4.17. The maximum Gasteiger partial charge on any atom is 0.255 e. The number of amides is 1. The maximum absolute atomic E-state index is 12.6. The zero-order chi connectivity index (χ0) is 20.5. The van der Waals surface area contributed by atoms with E-state index in [-0.39, 0.29) is 5.91 Å². The maximum atomic E-state index is 12.6. The van der Waals surface area contributed by atoms with Gasteiger partial charge in [0.25, 0.3) is 5.91 Å². The monoisotopic (exact) mass is 391 g/mol. The zero-order valence-corrected chi connectivity index (χ0v) is 16.7. The summed E-state index contributed by atoms with van der Waals surface area (Å²) in [6.45, 7) is 5.33. The molecular weight excluding hydrogens is 366 g/mol. The number of hydrogen-bond acceptors (Lipinski definition) is 4. The quantitative estimate of drug-likeness (QED) is 0.537. The molecule has 0 saturated heterocycles. The van der Waals surface area contributed by atoms with Gasteiger partial charge >= 0.3 is 0 Å². The van der Waals surface area contributed by atoms with Crippen LogP contribution in [0.4, 0.5) is 5.69 Å². The molecule has 0 aliphatic carbocycles. The molecule has 3 aromatic carbocycles. The Bertz CT molecular complexity index is 923. The molecule has 0 heterocycles. The third-order valence-electron chi connectivity index (χ3n) is 4.17. The van der Waals surface area contributed by atoms with Gasteiger partial charge < -0.3 is 19.5 Å². The molecule has 5 nitrogen and oxygen atoms in total. The highest BCUT2D eigenvalue weighted by Crippen LogP contribution is 2.29. The smallest absolute Gasteiger partial charge is 0.255 e. The third kappa shape index (κ3) is 5.75. The molecule has 1 amide bonds. The summed E-state index contributed by atoms with van der Waals surface area (Å²) in [4.78, 5) is 12.6. The molecular formula is C24H25NO4. The van der Waals surface area contributed by atoms with E-state index in [1.807, 2.05) is 68.4 Å². The van der Waals surface area contributed by atoms with E-state index in [0.717, 1.165) is 11.3 Å². The molecule has 5 heteroatoms. The average molecular weight is 391 g/mol. The van der Waals surface area contributed by atoms with Crippen LogP contribution in [0.1, 0.15) is 29.8 Å². The molecule has 0 unspecified atom stereocenters. The highest BCUT2D eigenvalue weighted by Gasteiger charge is 2.12. The first kappa shape index (κ1) is 20.3. The summed E-state index contributed by atoms with van der Waals surface area (Å²) in [5.41, 5.74) is 2.29. The van der Waals surface area contributed by atoms with Crippen LogP contribution in [0.25, 0.3) is 0 Å². The van der Waals surface area contributed by atoms with Crippen LogP contribution in [-0.2, 0) is 6.61 Å². The molecule has 0 atom stereocenters. The van der Waals surface area contributed by atoms with Crippen molar-refractivity contribution in [1.82, 2.24) is 0 Å². The SMILES string of the molecule is CCOc1ccc(C(=O)Nc2ccc(OCc3ccccc3)cc2)cc1OCC. The van der Waals surface area contributed by atoms with Gasteiger partial charge in [0.1, 0.15) is 12.4 Å². The molecule has 29 heavy (non-hydrogen) atoms. The Labute approximate surface area is 171 Å². The van der Waals surface area contributed by atoms with Gasteiger partial charge in [0, 0.05) is 11.3 Å². The van der Waals surface area contributed by atoms with Crippen LogP contribution in [0, 0.1) is 0 Å². The summed E-state index contributed by atoms with van der Waals surface area (Å²) < 4.78 is 16.9. The standard InChI is InChI=1S/C24H25NO4/c1-3-27-22-15-10-19(16-23(22)28-4-2)24(26)25-20-11-13-21(14-12-20)29-17-18-8-6-5-7-9-18/h5-16H,3-4,17H2,1-2H3,(H,25,26). The summed E-state index contributed by atoms with van der Waals surface area (Å²) in [5, 5.41) is 2.89. The van der Waals surface area contributed by atoms with E-state index in [1.165, 1.54) is 0 Å². The molecule has 0 spiro atoms. The molecule has 0 bridgehead atoms. The Morgan fingerprint density at radius 1 is 0.793 bits per heavy atom. The Morgan fingerprint density at radius 3 is 2.17 bits per heavy atom. The summed E-state index contributed by atoms with van der Waals surface area (Å²) in [5.74, 6) is 1.72. The zero-order valence-electron chi connectivity index (χ0n) is 16.7. The van der Waals surface area contributed by atoms with Crippen LogP contribution in [0.2, 0.25) is 0 Å². The van der Waals surface area contributed by atoms with Crippen molar-refractivity contribution in [2.24, 2.45) is 0 Å². The van der Waals surface area contributed by atoms with Gasteiger partial charge in [-0.05, 0) is 61.9 Å². The number of benzene rings is 3. The second-order valence-corrected chi connectivity index (χ2v) is 6.28. The van der Waals surface area contributed by atoms with Crippen molar-refractivity contribution in [1.29, 1.82) is 0 Å². The van der Waals surface area contributed by atoms with Crippen LogP contribution in [0.3, 0.4) is 0 Å². The number of ether oxygens (including phenoxy) is 3. The molecule has 0 aromatic heterocycles. The lowest BCUT2D eigenvalue weighted by atomic mass is 10.1. The largest absolute Gasteiger partial charge is 0.490 e. The molecule has 150 valence electrons. The second kappa shape index (κ2) is 10.2. The first-order valence-corrected chi connectivity index (χ1v) is 9.67. The van der Waals surface area contributed by atoms with Crippen molar-refractivity contribution < 1.29 is 19.0 Å². The summed E-state index contributed by atoms with van der Waals surface area (Å²) in [7, 11) is 0. The van der Waals surface area contributed by atoms with Crippen LogP contribution in [0.5, 0.6) is 17.2 Å².